The van der Waals surface area contributed by atoms with E-state index in [1.54, 1.807) is 0 Å². The number of aliphatic carboxylic acids is 1. The molecule has 4 nitrogen and oxygen atoms in total. The second-order valence-electron chi connectivity index (χ2n) is 7.11. The largest absolute Gasteiger partial charge is 0.489 e. The Bertz CT molecular complexity index is 785. The van der Waals surface area contributed by atoms with Gasteiger partial charge >= 0.3 is 5.97 Å². The molecule has 0 fully saturated rings. The van der Waals surface area contributed by atoms with Crippen LogP contribution in [0.15, 0.2) is 48.5 Å². The van der Waals surface area contributed by atoms with Gasteiger partial charge in [0.1, 0.15) is 24.7 Å². The van der Waals surface area contributed by atoms with Crippen molar-refractivity contribution in [2.75, 3.05) is 13.2 Å². The van der Waals surface area contributed by atoms with E-state index in [0.717, 1.165) is 23.0 Å². The highest BCUT2D eigenvalue weighted by Gasteiger charge is 2.20. The molecule has 2 rings (SSSR count). The predicted molar refractivity (Wildman–Crippen MR) is 104 cm³/mol. The molecule has 0 bridgehead atoms. The molecular weight excluding hydrogens is 328 g/mol. The summed E-state index contributed by atoms with van der Waals surface area (Å²) >= 11 is 0. The summed E-state index contributed by atoms with van der Waals surface area (Å²) in [4.78, 5) is 10.7. The van der Waals surface area contributed by atoms with E-state index < -0.39 is 5.97 Å². The number of carboxylic acids is 1. The number of hydrogen-bond donors (Lipinski definition) is 1. The van der Waals surface area contributed by atoms with Crippen LogP contribution in [0.25, 0.3) is 6.08 Å². The zero-order valence-electron chi connectivity index (χ0n) is 15.8. The Balaban J connectivity index is 2.02. The Morgan fingerprint density at radius 1 is 1.04 bits per heavy atom. The second kappa shape index (κ2) is 8.56. The molecule has 0 unspecified atom stereocenters. The molecule has 0 aliphatic rings. The highest BCUT2D eigenvalue weighted by Crippen LogP contribution is 2.33. The standard InChI is InChI=1S/C22H26O4/c1-16-8-7-10-18(22(2,3)4)21(16)26-15-14-25-19-11-6-5-9-17(19)12-13-20(23)24/h5-13H,14-15H2,1-4H3,(H,23,24). The van der Waals surface area contributed by atoms with Crippen molar-refractivity contribution in [3.63, 3.8) is 0 Å². The average Bonchev–Trinajstić information content (AvgIpc) is 2.57. The summed E-state index contributed by atoms with van der Waals surface area (Å²) in [6.07, 6.45) is 2.62. The summed E-state index contributed by atoms with van der Waals surface area (Å²) in [6.45, 7) is 9.31. The minimum atomic E-state index is -0.989. The smallest absolute Gasteiger partial charge is 0.328 e. The first-order valence-corrected chi connectivity index (χ1v) is 8.65. The molecule has 4 heteroatoms. The van der Waals surface area contributed by atoms with Crippen LogP contribution >= 0.6 is 0 Å². The molecule has 0 amide bonds. The lowest BCUT2D eigenvalue weighted by Gasteiger charge is -2.24. The number of ether oxygens (including phenoxy) is 2. The number of carboxylic acid groups (broad SMARTS) is 1. The maximum Gasteiger partial charge on any atom is 0.328 e. The molecule has 1 N–H and O–H groups in total. The third-order valence-corrected chi connectivity index (χ3v) is 3.93. The van der Waals surface area contributed by atoms with Crippen molar-refractivity contribution in [1.82, 2.24) is 0 Å². The van der Waals surface area contributed by atoms with Gasteiger partial charge in [0.05, 0.1) is 0 Å². The van der Waals surface area contributed by atoms with Gasteiger partial charge in [-0.25, -0.2) is 4.79 Å². The third kappa shape index (κ3) is 5.38. The zero-order chi connectivity index (χ0) is 19.2. The van der Waals surface area contributed by atoms with Crippen molar-refractivity contribution >= 4 is 12.0 Å². The minimum Gasteiger partial charge on any atom is -0.489 e. The summed E-state index contributed by atoms with van der Waals surface area (Å²) < 4.78 is 11.8. The minimum absolute atomic E-state index is 0.00353. The topological polar surface area (TPSA) is 55.8 Å². The first kappa shape index (κ1) is 19.6. The van der Waals surface area contributed by atoms with E-state index >= 15 is 0 Å². The Morgan fingerprint density at radius 2 is 1.73 bits per heavy atom. The van der Waals surface area contributed by atoms with E-state index in [4.69, 9.17) is 14.6 Å². The summed E-state index contributed by atoms with van der Waals surface area (Å²) in [5.74, 6) is 0.550. The van der Waals surface area contributed by atoms with Crippen molar-refractivity contribution in [2.45, 2.75) is 33.1 Å². The van der Waals surface area contributed by atoms with Crippen molar-refractivity contribution in [3.8, 4) is 11.5 Å². The number of para-hydroxylation sites is 2. The molecule has 0 aromatic heterocycles. The van der Waals surface area contributed by atoms with Crippen LogP contribution in [0.4, 0.5) is 0 Å². The van der Waals surface area contributed by atoms with Crippen LogP contribution in [0.2, 0.25) is 0 Å². The van der Waals surface area contributed by atoms with Crippen LogP contribution in [-0.2, 0) is 10.2 Å². The molecule has 0 saturated carbocycles. The highest BCUT2D eigenvalue weighted by molar-refractivity contribution is 5.85. The normalized spacial score (nSPS) is 11.5. The monoisotopic (exact) mass is 354 g/mol. The predicted octanol–water partition coefficient (Wildman–Crippen LogP) is 4.85. The second-order valence-corrected chi connectivity index (χ2v) is 7.11. The van der Waals surface area contributed by atoms with Gasteiger partial charge in [-0.2, -0.15) is 0 Å². The highest BCUT2D eigenvalue weighted by atomic mass is 16.5. The average molecular weight is 354 g/mol. The quantitative estimate of drug-likeness (QED) is 0.570. The third-order valence-electron chi connectivity index (χ3n) is 3.93. The van der Waals surface area contributed by atoms with E-state index in [1.807, 2.05) is 43.3 Å². The molecule has 0 atom stereocenters. The summed E-state index contributed by atoms with van der Waals surface area (Å²) in [5, 5.41) is 8.78. The van der Waals surface area contributed by atoms with Crippen molar-refractivity contribution in [1.29, 1.82) is 0 Å². The van der Waals surface area contributed by atoms with Crippen LogP contribution in [0.3, 0.4) is 0 Å². The fourth-order valence-electron chi connectivity index (χ4n) is 2.64. The first-order valence-electron chi connectivity index (χ1n) is 8.65. The SMILES string of the molecule is Cc1cccc(C(C)(C)C)c1OCCOc1ccccc1C=CC(=O)O. The molecule has 0 spiro atoms. The van der Waals surface area contributed by atoms with E-state index in [1.165, 1.54) is 11.6 Å². The van der Waals surface area contributed by atoms with Crippen LogP contribution < -0.4 is 9.47 Å². The van der Waals surface area contributed by atoms with Gasteiger partial charge in [0.25, 0.3) is 0 Å². The molecule has 0 heterocycles. The maximum atomic E-state index is 10.7. The zero-order valence-corrected chi connectivity index (χ0v) is 15.8. The molecule has 0 saturated heterocycles. The number of carbonyl (C=O) groups is 1. The fraction of sp³-hybridized carbons (Fsp3) is 0.318. The lowest BCUT2D eigenvalue weighted by Crippen LogP contribution is -2.16. The first-order chi connectivity index (χ1) is 12.3. The lowest BCUT2D eigenvalue weighted by atomic mass is 9.85. The van der Waals surface area contributed by atoms with Gasteiger partial charge in [-0.3, -0.25) is 0 Å². The molecule has 0 radical (unpaired) electrons. The van der Waals surface area contributed by atoms with E-state index in [2.05, 4.69) is 26.8 Å². The van der Waals surface area contributed by atoms with Crippen molar-refractivity contribution in [3.05, 3.63) is 65.2 Å². The molecule has 0 aliphatic carbocycles. The van der Waals surface area contributed by atoms with Gasteiger partial charge < -0.3 is 14.6 Å². The van der Waals surface area contributed by atoms with E-state index in [-0.39, 0.29) is 5.41 Å². The van der Waals surface area contributed by atoms with Gasteiger partial charge in [0.15, 0.2) is 0 Å². The summed E-state index contributed by atoms with van der Waals surface area (Å²) in [7, 11) is 0. The Hall–Kier alpha value is -2.75. The Morgan fingerprint density at radius 3 is 2.42 bits per heavy atom. The number of aryl methyl sites for hydroxylation is 1. The fourth-order valence-corrected chi connectivity index (χ4v) is 2.64. The van der Waals surface area contributed by atoms with Crippen LogP contribution in [0, 0.1) is 6.92 Å². The molecule has 2 aromatic carbocycles. The van der Waals surface area contributed by atoms with Gasteiger partial charge in [-0.15, -0.1) is 0 Å². The summed E-state index contributed by atoms with van der Waals surface area (Å²) in [6, 6.07) is 13.5. The van der Waals surface area contributed by atoms with E-state index in [0.29, 0.717) is 19.0 Å². The molecule has 0 aliphatic heterocycles. The van der Waals surface area contributed by atoms with Gasteiger partial charge in [0, 0.05) is 11.6 Å². The van der Waals surface area contributed by atoms with E-state index in [9.17, 15) is 4.79 Å². The van der Waals surface area contributed by atoms with Gasteiger partial charge in [-0.1, -0.05) is 57.2 Å². The number of benzene rings is 2. The van der Waals surface area contributed by atoms with Crippen LogP contribution in [0.1, 0.15) is 37.5 Å². The summed E-state index contributed by atoms with van der Waals surface area (Å²) in [5.41, 5.74) is 2.99. The van der Waals surface area contributed by atoms with Crippen molar-refractivity contribution < 1.29 is 19.4 Å². The van der Waals surface area contributed by atoms with Gasteiger partial charge in [-0.05, 0) is 35.6 Å². The Kier molecular flexibility index (Phi) is 6.45. The van der Waals surface area contributed by atoms with Gasteiger partial charge in [0.2, 0.25) is 0 Å². The Labute approximate surface area is 155 Å². The molecule has 26 heavy (non-hydrogen) atoms. The lowest BCUT2D eigenvalue weighted by molar-refractivity contribution is -0.131. The number of rotatable bonds is 7. The van der Waals surface area contributed by atoms with Crippen molar-refractivity contribution in [2.24, 2.45) is 0 Å². The van der Waals surface area contributed by atoms with Crippen LogP contribution in [0.5, 0.6) is 11.5 Å². The van der Waals surface area contributed by atoms with Crippen LogP contribution in [-0.4, -0.2) is 24.3 Å². The molecule has 138 valence electrons. The number of hydrogen-bond acceptors (Lipinski definition) is 3. The molecular formula is C22H26O4. The maximum absolute atomic E-state index is 10.7. The molecule has 2 aromatic rings.